The van der Waals surface area contributed by atoms with Crippen LogP contribution in [0.25, 0.3) is 0 Å². The van der Waals surface area contributed by atoms with Crippen LogP contribution in [0.1, 0.15) is 43.2 Å². The highest BCUT2D eigenvalue weighted by molar-refractivity contribution is 7.15. The van der Waals surface area contributed by atoms with E-state index in [-0.39, 0.29) is 24.6 Å². The first kappa shape index (κ1) is 17.4. The van der Waals surface area contributed by atoms with Crippen molar-refractivity contribution in [1.82, 2.24) is 15.5 Å². The summed E-state index contributed by atoms with van der Waals surface area (Å²) >= 11 is 1.39. The smallest absolute Gasteiger partial charge is 0.321 e. The van der Waals surface area contributed by atoms with Crippen LogP contribution < -0.4 is 10.6 Å². The molecule has 0 aliphatic heterocycles. The first-order valence-corrected chi connectivity index (χ1v) is 8.52. The van der Waals surface area contributed by atoms with Gasteiger partial charge in [-0.3, -0.25) is 5.32 Å². The van der Waals surface area contributed by atoms with E-state index in [9.17, 15) is 4.79 Å². The van der Waals surface area contributed by atoms with E-state index in [1.165, 1.54) is 16.9 Å². The average Bonchev–Trinajstić information content (AvgIpc) is 2.97. The van der Waals surface area contributed by atoms with Crippen molar-refractivity contribution in [3.05, 3.63) is 40.9 Å². The Hall–Kier alpha value is -1.99. The molecule has 1 aromatic carbocycles. The average molecular weight is 334 g/mol. The monoisotopic (exact) mass is 334 g/mol. The van der Waals surface area contributed by atoms with Gasteiger partial charge in [0.25, 0.3) is 0 Å². The molecule has 2 aromatic rings. The van der Waals surface area contributed by atoms with Gasteiger partial charge in [0.2, 0.25) is 5.13 Å². The number of aliphatic hydroxyl groups excluding tert-OH is 1. The molecule has 0 radical (unpaired) electrons. The first-order chi connectivity index (χ1) is 11.1. The molecule has 0 bridgehead atoms. The second kappa shape index (κ2) is 8.59. The standard InChI is InChI=1S/C16H22N4O2S/c1-3-13(12-7-5-4-6-8-12)14-19-20-16(23-14)18-15(22)17-11(2)9-10-21/h4-8,11,13,21H,3,9-10H2,1-2H3,(H2,17,18,20,22)/t11-,13?/m1/s1. The molecule has 0 aliphatic rings. The van der Waals surface area contributed by atoms with Gasteiger partial charge in [0.1, 0.15) is 5.01 Å². The fraction of sp³-hybridized carbons (Fsp3) is 0.438. The van der Waals surface area contributed by atoms with Gasteiger partial charge < -0.3 is 10.4 Å². The fourth-order valence-electron chi connectivity index (χ4n) is 2.29. The van der Waals surface area contributed by atoms with E-state index in [2.05, 4.69) is 39.9 Å². The molecule has 3 N–H and O–H groups in total. The van der Waals surface area contributed by atoms with Crippen LogP contribution in [0.15, 0.2) is 30.3 Å². The first-order valence-electron chi connectivity index (χ1n) is 7.70. The maximum Gasteiger partial charge on any atom is 0.321 e. The van der Waals surface area contributed by atoms with E-state index >= 15 is 0 Å². The summed E-state index contributed by atoms with van der Waals surface area (Å²) in [4.78, 5) is 11.9. The molecular formula is C16H22N4O2S. The highest BCUT2D eigenvalue weighted by Gasteiger charge is 2.18. The Balaban J connectivity index is 2.01. The molecule has 1 unspecified atom stereocenters. The van der Waals surface area contributed by atoms with Crippen molar-refractivity contribution < 1.29 is 9.90 Å². The number of hydrogen-bond donors (Lipinski definition) is 3. The van der Waals surface area contributed by atoms with E-state index in [0.29, 0.717) is 11.6 Å². The van der Waals surface area contributed by atoms with Gasteiger partial charge in [-0.25, -0.2) is 4.79 Å². The lowest BCUT2D eigenvalue weighted by Gasteiger charge is -2.12. The summed E-state index contributed by atoms with van der Waals surface area (Å²) < 4.78 is 0. The number of anilines is 1. The molecule has 0 aliphatic carbocycles. The number of carbonyl (C=O) groups is 1. The van der Waals surface area contributed by atoms with Crippen LogP contribution in [-0.4, -0.2) is 34.0 Å². The van der Waals surface area contributed by atoms with Crippen molar-refractivity contribution in [2.24, 2.45) is 0 Å². The lowest BCUT2D eigenvalue weighted by atomic mass is 9.97. The molecule has 0 spiro atoms. The molecule has 2 amide bonds. The molecule has 23 heavy (non-hydrogen) atoms. The lowest BCUT2D eigenvalue weighted by molar-refractivity contribution is 0.241. The second-order valence-corrected chi connectivity index (χ2v) is 6.34. The number of urea groups is 1. The molecule has 0 saturated heterocycles. The minimum Gasteiger partial charge on any atom is -0.396 e. The largest absolute Gasteiger partial charge is 0.396 e. The van der Waals surface area contributed by atoms with Crippen molar-refractivity contribution in [3.8, 4) is 0 Å². The number of carbonyl (C=O) groups excluding carboxylic acids is 1. The van der Waals surface area contributed by atoms with Gasteiger partial charge in [0.05, 0.1) is 0 Å². The number of rotatable bonds is 7. The van der Waals surface area contributed by atoms with E-state index < -0.39 is 0 Å². The van der Waals surface area contributed by atoms with Gasteiger partial charge in [-0.2, -0.15) is 0 Å². The summed E-state index contributed by atoms with van der Waals surface area (Å²) in [6, 6.07) is 9.73. The maximum atomic E-state index is 11.9. The van der Waals surface area contributed by atoms with Crippen molar-refractivity contribution in [2.45, 2.75) is 38.6 Å². The Labute approximate surface area is 140 Å². The number of amides is 2. The molecule has 7 heteroatoms. The minimum atomic E-state index is -0.332. The van der Waals surface area contributed by atoms with Gasteiger partial charge in [-0.15, -0.1) is 10.2 Å². The predicted molar refractivity (Wildman–Crippen MR) is 91.8 cm³/mol. The summed E-state index contributed by atoms with van der Waals surface area (Å²) in [5, 5.41) is 23.9. The maximum absolute atomic E-state index is 11.9. The number of nitrogens with one attached hydrogen (secondary N) is 2. The molecule has 2 rings (SSSR count). The zero-order chi connectivity index (χ0) is 16.7. The van der Waals surface area contributed by atoms with Gasteiger partial charge in [0.15, 0.2) is 0 Å². The number of hydrogen-bond acceptors (Lipinski definition) is 5. The number of benzene rings is 1. The molecular weight excluding hydrogens is 312 g/mol. The quantitative estimate of drug-likeness (QED) is 0.726. The Morgan fingerprint density at radius 1 is 1.30 bits per heavy atom. The molecule has 6 nitrogen and oxygen atoms in total. The van der Waals surface area contributed by atoms with E-state index in [1.54, 1.807) is 0 Å². The van der Waals surface area contributed by atoms with Crippen molar-refractivity contribution in [1.29, 1.82) is 0 Å². The van der Waals surface area contributed by atoms with Crippen LogP contribution in [0.3, 0.4) is 0 Å². The number of nitrogens with zero attached hydrogens (tertiary/aromatic N) is 2. The molecule has 1 heterocycles. The van der Waals surface area contributed by atoms with Crippen LogP contribution in [0.2, 0.25) is 0 Å². The minimum absolute atomic E-state index is 0.0413. The third-order valence-corrected chi connectivity index (χ3v) is 4.46. The summed E-state index contributed by atoms with van der Waals surface area (Å²) in [5.41, 5.74) is 1.19. The van der Waals surface area contributed by atoms with Crippen LogP contribution in [-0.2, 0) is 0 Å². The third kappa shape index (κ3) is 5.01. The topological polar surface area (TPSA) is 87.1 Å². The second-order valence-electron chi connectivity index (χ2n) is 5.33. The van der Waals surface area contributed by atoms with Gasteiger partial charge in [-0.1, -0.05) is 48.6 Å². The Kier molecular flexibility index (Phi) is 6.49. The van der Waals surface area contributed by atoms with Crippen molar-refractivity contribution in [2.75, 3.05) is 11.9 Å². The predicted octanol–water partition coefficient (Wildman–Crippen LogP) is 2.97. The molecule has 2 atom stereocenters. The Morgan fingerprint density at radius 3 is 2.70 bits per heavy atom. The highest BCUT2D eigenvalue weighted by atomic mass is 32.1. The van der Waals surface area contributed by atoms with Crippen LogP contribution in [0.5, 0.6) is 0 Å². The molecule has 1 aromatic heterocycles. The summed E-state index contributed by atoms with van der Waals surface area (Å²) in [6.45, 7) is 3.99. The molecule has 124 valence electrons. The van der Waals surface area contributed by atoms with Crippen LogP contribution in [0.4, 0.5) is 9.93 Å². The molecule has 0 saturated carbocycles. The Bertz CT molecular complexity index is 618. The Morgan fingerprint density at radius 2 is 2.04 bits per heavy atom. The normalized spacial score (nSPS) is 13.3. The zero-order valence-corrected chi connectivity index (χ0v) is 14.1. The highest BCUT2D eigenvalue weighted by Crippen LogP contribution is 2.31. The summed E-state index contributed by atoms with van der Waals surface area (Å²) in [5.74, 6) is 0.181. The summed E-state index contributed by atoms with van der Waals surface area (Å²) in [7, 11) is 0. The van der Waals surface area contributed by atoms with Crippen LogP contribution in [0, 0.1) is 0 Å². The van der Waals surface area contributed by atoms with Gasteiger partial charge in [-0.05, 0) is 25.3 Å². The van der Waals surface area contributed by atoms with Crippen molar-refractivity contribution in [3.63, 3.8) is 0 Å². The summed E-state index contributed by atoms with van der Waals surface area (Å²) in [6.07, 6.45) is 1.43. The zero-order valence-electron chi connectivity index (χ0n) is 13.3. The van der Waals surface area contributed by atoms with Crippen molar-refractivity contribution >= 4 is 22.5 Å². The number of aromatic nitrogens is 2. The number of aliphatic hydroxyl groups is 1. The van der Waals surface area contributed by atoms with Crippen LogP contribution >= 0.6 is 11.3 Å². The molecule has 0 fully saturated rings. The van der Waals surface area contributed by atoms with Gasteiger partial charge in [0, 0.05) is 18.6 Å². The third-order valence-electron chi connectivity index (χ3n) is 3.51. The fourth-order valence-corrected chi connectivity index (χ4v) is 3.24. The SMILES string of the molecule is CCC(c1ccccc1)c1nnc(NC(=O)N[C@H](C)CCO)s1. The lowest BCUT2D eigenvalue weighted by Crippen LogP contribution is -2.36. The van der Waals surface area contributed by atoms with E-state index in [1.807, 2.05) is 25.1 Å². The van der Waals surface area contributed by atoms with E-state index in [0.717, 1.165) is 11.4 Å². The van der Waals surface area contributed by atoms with Gasteiger partial charge >= 0.3 is 6.03 Å². The van der Waals surface area contributed by atoms with E-state index in [4.69, 9.17) is 5.11 Å².